The van der Waals surface area contributed by atoms with Gasteiger partial charge in [0.05, 0.1) is 18.8 Å². The summed E-state index contributed by atoms with van der Waals surface area (Å²) in [5, 5.41) is 7.69. The zero-order valence-electron chi connectivity index (χ0n) is 15.5. The van der Waals surface area contributed by atoms with Crippen LogP contribution in [0.25, 0.3) is 0 Å². The first-order valence-corrected chi connectivity index (χ1v) is 10.2. The molecule has 2 aromatic carbocycles. The van der Waals surface area contributed by atoms with Crippen LogP contribution in [-0.2, 0) is 17.8 Å². The zero-order valence-corrected chi connectivity index (χ0v) is 17.1. The molecule has 0 radical (unpaired) electrons. The van der Waals surface area contributed by atoms with Crippen LogP contribution in [0.1, 0.15) is 35.7 Å². The molecule has 6 heteroatoms. The lowest BCUT2D eigenvalue weighted by molar-refractivity contribution is -0.123. The largest absolute Gasteiger partial charge is 0.484 e. The second-order valence-electron chi connectivity index (χ2n) is 6.94. The SMILES string of the molecule is O=C(COc1ccc(Br)cc1)NC1CCCc2c1cnn2Cc1ccccc1. The minimum Gasteiger partial charge on any atom is -0.484 e. The number of ether oxygens (including phenoxy) is 1. The summed E-state index contributed by atoms with van der Waals surface area (Å²) >= 11 is 3.39. The van der Waals surface area contributed by atoms with Crippen LogP contribution in [0.5, 0.6) is 5.75 Å². The number of hydrogen-bond acceptors (Lipinski definition) is 3. The predicted octanol–water partition coefficient (Wildman–Crippen LogP) is 4.27. The number of rotatable bonds is 6. The summed E-state index contributed by atoms with van der Waals surface area (Å²) in [5.74, 6) is 0.565. The van der Waals surface area contributed by atoms with Crippen molar-refractivity contribution in [3.8, 4) is 5.75 Å². The molecule has 0 aliphatic heterocycles. The molecule has 144 valence electrons. The fourth-order valence-electron chi connectivity index (χ4n) is 3.58. The van der Waals surface area contributed by atoms with E-state index in [2.05, 4.69) is 43.2 Å². The third kappa shape index (κ3) is 4.44. The van der Waals surface area contributed by atoms with Gasteiger partial charge in [-0.25, -0.2) is 0 Å². The van der Waals surface area contributed by atoms with Crippen molar-refractivity contribution in [3.05, 3.63) is 82.1 Å². The Bertz CT molecular complexity index is 938. The number of nitrogens with zero attached hydrogens (tertiary/aromatic N) is 2. The van der Waals surface area contributed by atoms with Gasteiger partial charge >= 0.3 is 0 Å². The van der Waals surface area contributed by atoms with E-state index < -0.39 is 0 Å². The number of halogens is 1. The number of carbonyl (C=O) groups is 1. The van der Waals surface area contributed by atoms with Gasteiger partial charge in [0.15, 0.2) is 6.61 Å². The number of nitrogens with one attached hydrogen (secondary N) is 1. The second-order valence-corrected chi connectivity index (χ2v) is 7.86. The molecule has 0 saturated carbocycles. The average molecular weight is 440 g/mol. The molecule has 0 bridgehead atoms. The Balaban J connectivity index is 1.39. The second kappa shape index (κ2) is 8.61. The molecular formula is C22H22BrN3O2. The number of aromatic nitrogens is 2. The normalized spacial score (nSPS) is 15.7. The maximum absolute atomic E-state index is 12.4. The molecule has 0 saturated heterocycles. The van der Waals surface area contributed by atoms with E-state index in [0.717, 1.165) is 35.8 Å². The van der Waals surface area contributed by atoms with E-state index in [1.165, 1.54) is 11.3 Å². The Morgan fingerprint density at radius 1 is 1.18 bits per heavy atom. The van der Waals surface area contributed by atoms with Crippen molar-refractivity contribution in [1.82, 2.24) is 15.1 Å². The summed E-state index contributed by atoms with van der Waals surface area (Å²) < 4.78 is 8.62. The number of benzene rings is 2. The molecular weight excluding hydrogens is 418 g/mol. The summed E-state index contributed by atoms with van der Waals surface area (Å²) in [4.78, 5) is 12.4. The molecule has 1 unspecified atom stereocenters. The maximum atomic E-state index is 12.4. The van der Waals surface area contributed by atoms with Crippen LogP contribution >= 0.6 is 15.9 Å². The van der Waals surface area contributed by atoms with Crippen molar-refractivity contribution in [2.75, 3.05) is 6.61 Å². The fourth-order valence-corrected chi connectivity index (χ4v) is 3.84. The molecule has 5 nitrogen and oxygen atoms in total. The van der Waals surface area contributed by atoms with Gasteiger partial charge in [-0.3, -0.25) is 9.48 Å². The Morgan fingerprint density at radius 2 is 1.96 bits per heavy atom. The van der Waals surface area contributed by atoms with Crippen LogP contribution in [-0.4, -0.2) is 22.3 Å². The first kappa shape index (κ1) is 18.7. The highest BCUT2D eigenvalue weighted by Crippen LogP contribution is 2.30. The van der Waals surface area contributed by atoms with Gasteiger partial charge in [-0.15, -0.1) is 0 Å². The summed E-state index contributed by atoms with van der Waals surface area (Å²) in [5.41, 5.74) is 3.57. The van der Waals surface area contributed by atoms with Crippen LogP contribution in [0.3, 0.4) is 0 Å². The van der Waals surface area contributed by atoms with Gasteiger partial charge in [0, 0.05) is 15.7 Å². The van der Waals surface area contributed by atoms with Gasteiger partial charge in [-0.05, 0) is 49.1 Å². The van der Waals surface area contributed by atoms with E-state index in [1.54, 1.807) is 0 Å². The van der Waals surface area contributed by atoms with Crippen LogP contribution in [0.15, 0.2) is 65.3 Å². The highest BCUT2D eigenvalue weighted by atomic mass is 79.9. The quantitative estimate of drug-likeness (QED) is 0.623. The summed E-state index contributed by atoms with van der Waals surface area (Å²) in [7, 11) is 0. The standard InChI is InChI=1S/C22H22BrN3O2/c23-17-9-11-18(12-10-17)28-15-22(27)25-20-7-4-8-21-19(20)13-24-26(21)14-16-5-2-1-3-6-16/h1-3,5-6,9-13,20H,4,7-8,14-15H2,(H,25,27). The Morgan fingerprint density at radius 3 is 2.75 bits per heavy atom. The molecule has 1 N–H and O–H groups in total. The van der Waals surface area contributed by atoms with Crippen molar-refractivity contribution in [2.24, 2.45) is 0 Å². The first-order valence-electron chi connectivity index (χ1n) is 9.45. The van der Waals surface area contributed by atoms with Gasteiger partial charge in [0.1, 0.15) is 5.75 Å². The van der Waals surface area contributed by atoms with Crippen LogP contribution in [0, 0.1) is 0 Å². The van der Waals surface area contributed by atoms with Gasteiger partial charge in [-0.1, -0.05) is 46.3 Å². The maximum Gasteiger partial charge on any atom is 0.258 e. The smallest absolute Gasteiger partial charge is 0.258 e. The lowest BCUT2D eigenvalue weighted by atomic mass is 9.93. The molecule has 0 spiro atoms. The molecule has 28 heavy (non-hydrogen) atoms. The monoisotopic (exact) mass is 439 g/mol. The summed E-state index contributed by atoms with van der Waals surface area (Å²) in [6, 6.07) is 17.8. The zero-order chi connectivity index (χ0) is 19.3. The Hall–Kier alpha value is -2.60. The van der Waals surface area contributed by atoms with E-state index in [4.69, 9.17) is 4.74 Å². The van der Waals surface area contributed by atoms with Crippen molar-refractivity contribution in [3.63, 3.8) is 0 Å². The van der Waals surface area contributed by atoms with Gasteiger partial charge < -0.3 is 10.1 Å². The summed E-state index contributed by atoms with van der Waals surface area (Å²) in [6.07, 6.45) is 4.85. The molecule has 1 atom stereocenters. The number of amides is 1. The predicted molar refractivity (Wildman–Crippen MR) is 111 cm³/mol. The Kier molecular flexibility index (Phi) is 5.76. The molecule has 3 aromatic rings. The topological polar surface area (TPSA) is 56.1 Å². The van der Waals surface area contributed by atoms with E-state index in [1.807, 2.05) is 48.7 Å². The highest BCUT2D eigenvalue weighted by Gasteiger charge is 2.25. The van der Waals surface area contributed by atoms with Gasteiger partial charge in [-0.2, -0.15) is 5.10 Å². The molecule has 1 aliphatic rings. The average Bonchev–Trinajstić information content (AvgIpc) is 3.12. The molecule has 1 aliphatic carbocycles. The highest BCUT2D eigenvalue weighted by molar-refractivity contribution is 9.10. The first-order chi connectivity index (χ1) is 13.7. The van der Waals surface area contributed by atoms with Crippen LogP contribution in [0.4, 0.5) is 0 Å². The van der Waals surface area contributed by atoms with E-state index >= 15 is 0 Å². The molecule has 0 fully saturated rings. The third-order valence-corrected chi connectivity index (χ3v) is 5.49. The van der Waals surface area contributed by atoms with E-state index in [0.29, 0.717) is 5.75 Å². The number of carbonyl (C=O) groups excluding carboxylic acids is 1. The van der Waals surface area contributed by atoms with Crippen molar-refractivity contribution < 1.29 is 9.53 Å². The van der Waals surface area contributed by atoms with Gasteiger partial charge in [0.2, 0.25) is 0 Å². The lowest BCUT2D eigenvalue weighted by Crippen LogP contribution is -2.34. The third-order valence-electron chi connectivity index (χ3n) is 4.96. The Labute approximate surface area is 172 Å². The van der Waals surface area contributed by atoms with E-state index in [9.17, 15) is 4.79 Å². The molecule has 4 rings (SSSR count). The molecule has 1 aromatic heterocycles. The summed E-state index contributed by atoms with van der Waals surface area (Å²) in [6.45, 7) is 0.759. The minimum atomic E-state index is -0.114. The lowest BCUT2D eigenvalue weighted by Gasteiger charge is -2.24. The van der Waals surface area contributed by atoms with Crippen molar-refractivity contribution in [2.45, 2.75) is 31.8 Å². The van der Waals surface area contributed by atoms with Gasteiger partial charge in [0.25, 0.3) is 5.91 Å². The van der Waals surface area contributed by atoms with Crippen LogP contribution in [0.2, 0.25) is 0 Å². The van der Waals surface area contributed by atoms with E-state index in [-0.39, 0.29) is 18.6 Å². The van der Waals surface area contributed by atoms with Crippen LogP contribution < -0.4 is 10.1 Å². The number of fused-ring (bicyclic) bond motifs is 1. The molecule has 1 heterocycles. The molecule has 1 amide bonds. The fraction of sp³-hybridized carbons (Fsp3) is 0.273. The van der Waals surface area contributed by atoms with Crippen molar-refractivity contribution in [1.29, 1.82) is 0 Å². The minimum absolute atomic E-state index is 0.00529. The number of hydrogen-bond donors (Lipinski definition) is 1. The van der Waals surface area contributed by atoms with Crippen molar-refractivity contribution >= 4 is 21.8 Å².